The van der Waals surface area contributed by atoms with E-state index in [9.17, 15) is 23.5 Å². The molecule has 1 N–H and O–H groups in total. The van der Waals surface area contributed by atoms with Crippen molar-refractivity contribution in [2.45, 2.75) is 19.5 Å². The van der Waals surface area contributed by atoms with E-state index in [1.807, 2.05) is 0 Å². The Morgan fingerprint density at radius 2 is 2.16 bits per heavy atom. The summed E-state index contributed by atoms with van der Waals surface area (Å²) in [6, 6.07) is 1.76. The van der Waals surface area contributed by atoms with Crippen molar-refractivity contribution in [3.05, 3.63) is 51.8 Å². The summed E-state index contributed by atoms with van der Waals surface area (Å²) in [6.07, 6.45) is 2.11. The first kappa shape index (κ1) is 21.7. The maximum absolute atomic E-state index is 13.5. The van der Waals surface area contributed by atoms with Crippen molar-refractivity contribution < 1.29 is 18.3 Å². The fourth-order valence-electron chi connectivity index (χ4n) is 3.43. The number of allylic oxidation sites excluding steroid dienone is 2. The maximum atomic E-state index is 13.5. The zero-order valence-corrected chi connectivity index (χ0v) is 17.3. The van der Waals surface area contributed by atoms with Crippen LogP contribution in [0.3, 0.4) is 0 Å². The number of hydrogen-bond acceptors (Lipinski definition) is 7. The first-order chi connectivity index (χ1) is 15.3. The summed E-state index contributed by atoms with van der Waals surface area (Å²) in [6.45, 7) is 2.12. The lowest BCUT2D eigenvalue weighted by molar-refractivity contribution is 0.139. The van der Waals surface area contributed by atoms with Gasteiger partial charge in [-0.25, -0.2) is 18.2 Å². The largest absolute Gasteiger partial charge is 0.389 e. The Morgan fingerprint density at radius 3 is 2.78 bits per heavy atom. The molecule has 0 spiro atoms. The third-order valence-corrected chi connectivity index (χ3v) is 5.10. The number of fused-ring (bicyclic) bond motifs is 1. The minimum atomic E-state index is -2.97. The molecule has 2 aromatic heterocycles. The number of β-amino-alcohol motifs (C(OH)–C–C–N with tert-alkyl or cyclic N) is 1. The predicted molar refractivity (Wildman–Crippen MR) is 114 cm³/mol. The highest BCUT2D eigenvalue weighted by molar-refractivity contribution is 6.42. The van der Waals surface area contributed by atoms with Crippen LogP contribution in [0.2, 0.25) is 0 Å². The molecule has 12 heteroatoms. The molecule has 4 heterocycles. The number of aryl methyl sites for hydroxylation is 1. The molecule has 0 aliphatic carbocycles. The van der Waals surface area contributed by atoms with E-state index >= 15 is 0 Å². The Bertz CT molecular complexity index is 1280. The number of aromatic nitrogens is 3. The molecule has 2 aromatic rings. The molecule has 2 aliphatic heterocycles. The molecule has 1 fully saturated rings. The summed E-state index contributed by atoms with van der Waals surface area (Å²) in [4.78, 5) is 14.3. The third-order valence-electron chi connectivity index (χ3n) is 4.89. The van der Waals surface area contributed by atoms with E-state index in [4.69, 9.17) is 11.6 Å². The minimum Gasteiger partial charge on any atom is -0.389 e. The van der Waals surface area contributed by atoms with Crippen molar-refractivity contribution in [3.8, 4) is 6.07 Å². The average molecular weight is 462 g/mol. The van der Waals surface area contributed by atoms with Crippen LogP contribution in [0.15, 0.2) is 39.3 Å². The van der Waals surface area contributed by atoms with E-state index in [2.05, 4.69) is 20.1 Å². The summed E-state index contributed by atoms with van der Waals surface area (Å²) >= 11 is 5.98. The summed E-state index contributed by atoms with van der Waals surface area (Å²) in [5.74, 6) is 0.366. The van der Waals surface area contributed by atoms with Gasteiger partial charge in [-0.2, -0.15) is 14.9 Å². The molecular formula is C20H15ClF3N7O. The predicted octanol–water partition coefficient (Wildman–Crippen LogP) is 3.46. The molecule has 0 saturated carbocycles. The molecule has 2 aliphatic rings. The van der Waals surface area contributed by atoms with Crippen molar-refractivity contribution in [2.75, 3.05) is 18.0 Å². The fraction of sp³-hybridized carbons (Fsp3) is 0.250. The Balaban J connectivity index is 1.98. The zero-order valence-electron chi connectivity index (χ0n) is 16.5. The van der Waals surface area contributed by atoms with Crippen LogP contribution in [0.1, 0.15) is 28.9 Å². The molecule has 0 amide bonds. The standard InChI is InChI=1S/C20H15ClF3N7O/c1-10-13(5-16-15(26-3-2-22)4-11(21)7-27-16)20(30-8-12(32)9-30)31-19(28-10)14(6-25)17(29-31)18(23)24/h2-5,7,12,18,32H,8-9H2,1H3/b3-2+,16-5-,26-15+. The number of alkyl halides is 2. The molecule has 0 radical (unpaired) electrons. The van der Waals surface area contributed by atoms with Crippen LogP contribution >= 0.6 is 11.6 Å². The number of anilines is 1. The number of halogens is 4. The Labute approximate surface area is 185 Å². The molecular weight excluding hydrogens is 447 g/mol. The van der Waals surface area contributed by atoms with Gasteiger partial charge in [0.25, 0.3) is 6.43 Å². The minimum absolute atomic E-state index is 0.0109. The lowest BCUT2D eigenvalue weighted by Gasteiger charge is -2.38. The van der Waals surface area contributed by atoms with Gasteiger partial charge < -0.3 is 10.0 Å². The maximum Gasteiger partial charge on any atom is 0.283 e. The number of aliphatic hydroxyl groups excluding tert-OH is 1. The first-order valence-corrected chi connectivity index (χ1v) is 9.72. The van der Waals surface area contributed by atoms with Gasteiger partial charge in [0.1, 0.15) is 29.5 Å². The second-order valence-electron chi connectivity index (χ2n) is 7.01. The monoisotopic (exact) mass is 461 g/mol. The van der Waals surface area contributed by atoms with Crippen molar-refractivity contribution in [2.24, 2.45) is 9.98 Å². The van der Waals surface area contributed by atoms with Gasteiger partial charge in [0.2, 0.25) is 0 Å². The number of nitrogens with zero attached hydrogens (tertiary/aromatic N) is 7. The summed E-state index contributed by atoms with van der Waals surface area (Å²) in [7, 11) is 0. The smallest absolute Gasteiger partial charge is 0.283 e. The van der Waals surface area contributed by atoms with E-state index < -0.39 is 18.2 Å². The van der Waals surface area contributed by atoms with E-state index in [0.29, 0.717) is 22.8 Å². The number of dihydropyridines is 1. The molecule has 0 bridgehead atoms. The van der Waals surface area contributed by atoms with Gasteiger partial charge in [0.05, 0.1) is 34.4 Å². The van der Waals surface area contributed by atoms with Gasteiger partial charge in [0.15, 0.2) is 5.65 Å². The molecule has 0 atom stereocenters. The molecule has 8 nitrogen and oxygen atoms in total. The van der Waals surface area contributed by atoms with Crippen LogP contribution in [0, 0.1) is 18.3 Å². The Hall–Kier alpha value is -3.49. The van der Waals surface area contributed by atoms with Crippen molar-refractivity contribution in [1.82, 2.24) is 14.6 Å². The number of hydrogen-bond donors (Lipinski definition) is 1. The van der Waals surface area contributed by atoms with Crippen molar-refractivity contribution >= 4 is 41.1 Å². The number of aliphatic hydroxyl groups is 1. The molecule has 0 aromatic carbocycles. The van der Waals surface area contributed by atoms with Gasteiger partial charge in [-0.05, 0) is 19.1 Å². The van der Waals surface area contributed by atoms with Gasteiger partial charge >= 0.3 is 0 Å². The Morgan fingerprint density at radius 1 is 1.41 bits per heavy atom. The van der Waals surface area contributed by atoms with E-state index in [1.165, 1.54) is 16.8 Å². The van der Waals surface area contributed by atoms with Crippen LogP contribution < -0.4 is 4.90 Å². The quantitative estimate of drug-likeness (QED) is 0.751. The fourth-order valence-corrected chi connectivity index (χ4v) is 3.58. The van der Waals surface area contributed by atoms with E-state index in [1.54, 1.807) is 24.0 Å². The van der Waals surface area contributed by atoms with Gasteiger partial charge in [-0.3, -0.25) is 9.98 Å². The second kappa shape index (κ2) is 8.57. The Kier molecular flexibility index (Phi) is 5.82. The van der Waals surface area contributed by atoms with Crippen LogP contribution in [-0.2, 0) is 0 Å². The normalized spacial score (nSPS) is 19.4. The third kappa shape index (κ3) is 3.79. The lowest BCUT2D eigenvalue weighted by Crippen LogP contribution is -2.52. The van der Waals surface area contributed by atoms with Gasteiger partial charge in [0, 0.05) is 24.9 Å². The SMILES string of the molecule is Cc1nc2c(C#N)c(C(F)F)nn2c(N2CC(O)C2)c1\C=C1/N=CC(Cl)=C/C1=N\C=C\F. The average Bonchev–Trinajstić information content (AvgIpc) is 3.10. The summed E-state index contributed by atoms with van der Waals surface area (Å²) in [5.41, 5.74) is 0.469. The summed E-state index contributed by atoms with van der Waals surface area (Å²) in [5, 5.41) is 23.5. The topological polar surface area (TPSA) is 102 Å². The molecule has 1 saturated heterocycles. The second-order valence-corrected chi connectivity index (χ2v) is 7.44. The lowest BCUT2D eigenvalue weighted by atomic mass is 10.1. The van der Waals surface area contributed by atoms with Crippen LogP contribution in [0.4, 0.5) is 19.0 Å². The molecule has 0 unspecified atom stereocenters. The molecule has 32 heavy (non-hydrogen) atoms. The van der Waals surface area contributed by atoms with Gasteiger partial charge in [-0.15, -0.1) is 0 Å². The number of rotatable bonds is 4. The highest BCUT2D eigenvalue weighted by atomic mass is 35.5. The van der Waals surface area contributed by atoms with Gasteiger partial charge in [-0.1, -0.05) is 11.6 Å². The highest BCUT2D eigenvalue weighted by Crippen LogP contribution is 2.34. The zero-order chi connectivity index (χ0) is 23.0. The first-order valence-electron chi connectivity index (χ1n) is 9.35. The van der Waals surface area contributed by atoms with Crippen LogP contribution in [0.5, 0.6) is 0 Å². The summed E-state index contributed by atoms with van der Waals surface area (Å²) < 4.78 is 40.7. The van der Waals surface area contributed by atoms with Crippen LogP contribution in [0.25, 0.3) is 11.7 Å². The number of aliphatic imine (C=N–C) groups is 2. The van der Waals surface area contributed by atoms with Crippen molar-refractivity contribution in [1.29, 1.82) is 5.26 Å². The van der Waals surface area contributed by atoms with E-state index in [0.717, 1.165) is 6.20 Å². The molecule has 164 valence electrons. The number of nitriles is 1. The highest BCUT2D eigenvalue weighted by Gasteiger charge is 2.32. The van der Waals surface area contributed by atoms with Crippen LogP contribution in [-0.4, -0.2) is 50.8 Å². The molecule has 4 rings (SSSR count). The van der Waals surface area contributed by atoms with E-state index in [-0.39, 0.29) is 41.4 Å². The van der Waals surface area contributed by atoms with Crippen molar-refractivity contribution in [3.63, 3.8) is 0 Å².